The Morgan fingerprint density at radius 2 is 0.982 bits per heavy atom. The lowest BCUT2D eigenvalue weighted by Gasteiger charge is -2.26. The summed E-state index contributed by atoms with van der Waals surface area (Å²) >= 11 is 0. The largest absolute Gasteiger partial charge is 0.472 e. The highest BCUT2D eigenvalue weighted by atomic mass is 31.2. The number of phosphoric acid groups is 1. The second-order valence-electron chi connectivity index (χ2n) is 17.5. The maximum Gasteiger partial charge on any atom is 0.472 e. The summed E-state index contributed by atoms with van der Waals surface area (Å²) in [6.07, 6.45) is 43.8. The van der Waals surface area contributed by atoms with Crippen LogP contribution in [0.5, 0.6) is 0 Å². The van der Waals surface area contributed by atoms with Crippen LogP contribution in [-0.2, 0) is 18.4 Å². The molecule has 0 saturated heterocycles. The maximum atomic E-state index is 12.9. The normalized spacial score (nSPS) is 14.4. The topological polar surface area (TPSA) is 105 Å². The van der Waals surface area contributed by atoms with Crippen molar-refractivity contribution in [3.63, 3.8) is 0 Å². The molecule has 3 atom stereocenters. The van der Waals surface area contributed by atoms with Crippen molar-refractivity contribution < 1.29 is 32.9 Å². The van der Waals surface area contributed by atoms with Crippen LogP contribution >= 0.6 is 7.82 Å². The van der Waals surface area contributed by atoms with Gasteiger partial charge in [-0.25, -0.2) is 4.57 Å². The Labute approximate surface area is 342 Å². The molecule has 0 spiro atoms. The van der Waals surface area contributed by atoms with Crippen LogP contribution in [0.2, 0.25) is 0 Å². The maximum absolute atomic E-state index is 12.9. The fraction of sp³-hybridized carbons (Fsp3) is 0.935. The molecule has 0 saturated carbocycles. The van der Waals surface area contributed by atoms with E-state index in [1.165, 1.54) is 161 Å². The van der Waals surface area contributed by atoms with Gasteiger partial charge in [-0.1, -0.05) is 193 Å². The average molecular weight is 802 g/mol. The molecule has 3 N–H and O–H groups in total. The van der Waals surface area contributed by atoms with E-state index < -0.39 is 20.0 Å². The summed E-state index contributed by atoms with van der Waals surface area (Å²) in [4.78, 5) is 23.2. The Bertz CT molecular complexity index is 911. The summed E-state index contributed by atoms with van der Waals surface area (Å²) in [5.41, 5.74) is 0. The first kappa shape index (κ1) is 54.2. The van der Waals surface area contributed by atoms with E-state index >= 15 is 0 Å². The summed E-state index contributed by atoms with van der Waals surface area (Å²) in [6.45, 7) is 4.89. The van der Waals surface area contributed by atoms with Gasteiger partial charge in [0.2, 0.25) is 5.91 Å². The van der Waals surface area contributed by atoms with Crippen molar-refractivity contribution in [3.05, 3.63) is 12.2 Å². The van der Waals surface area contributed by atoms with E-state index in [4.69, 9.17) is 9.05 Å². The van der Waals surface area contributed by atoms with Gasteiger partial charge in [0.1, 0.15) is 13.2 Å². The Balaban J connectivity index is 4.23. The van der Waals surface area contributed by atoms with Gasteiger partial charge in [-0.2, -0.15) is 0 Å². The zero-order valence-corrected chi connectivity index (χ0v) is 38.1. The number of phosphoric ester groups is 1. The first-order chi connectivity index (χ1) is 26.5. The SMILES string of the molecule is CCCCCCCC/C=C/CCCCCCCCCCCCCC(=O)N[C@@H](COP(=O)(O)OCC[N+](C)(C)C)[C@H](O)CCCCCCCCCCCCCC. The summed E-state index contributed by atoms with van der Waals surface area (Å²) in [5.74, 6) is -0.144. The second-order valence-corrected chi connectivity index (χ2v) is 18.9. The third-order valence-electron chi connectivity index (χ3n) is 10.8. The van der Waals surface area contributed by atoms with Gasteiger partial charge >= 0.3 is 7.82 Å². The number of aliphatic hydroxyl groups is 1. The lowest BCUT2D eigenvalue weighted by Crippen LogP contribution is -2.46. The van der Waals surface area contributed by atoms with E-state index in [2.05, 4.69) is 31.3 Å². The molecule has 0 aromatic heterocycles. The minimum absolute atomic E-state index is 0.0766. The molecule has 0 fully saturated rings. The Kier molecular flexibility index (Phi) is 38.2. The van der Waals surface area contributed by atoms with E-state index in [0.717, 1.165) is 38.5 Å². The number of aliphatic hydroxyl groups excluding tert-OH is 1. The second kappa shape index (κ2) is 38.7. The predicted molar refractivity (Wildman–Crippen MR) is 235 cm³/mol. The molecule has 8 nitrogen and oxygen atoms in total. The number of nitrogens with zero attached hydrogens (tertiary/aromatic N) is 1. The fourth-order valence-electron chi connectivity index (χ4n) is 6.98. The first-order valence-electron chi connectivity index (χ1n) is 23.6. The highest BCUT2D eigenvalue weighted by Gasteiger charge is 2.28. The van der Waals surface area contributed by atoms with Crippen LogP contribution in [-0.4, -0.2) is 73.4 Å². The molecular formula is C46H94N2O6P+. The molecule has 0 heterocycles. The highest BCUT2D eigenvalue weighted by Crippen LogP contribution is 2.43. The Morgan fingerprint density at radius 3 is 1.40 bits per heavy atom. The lowest BCUT2D eigenvalue weighted by molar-refractivity contribution is -0.870. The molecule has 0 aromatic rings. The van der Waals surface area contributed by atoms with Crippen LogP contribution in [0.1, 0.15) is 226 Å². The molecule has 0 aromatic carbocycles. The number of amides is 1. The van der Waals surface area contributed by atoms with Crippen LogP contribution in [0.3, 0.4) is 0 Å². The van der Waals surface area contributed by atoms with Gasteiger partial charge in [0.15, 0.2) is 0 Å². The minimum Gasteiger partial charge on any atom is -0.391 e. The molecular weight excluding hydrogens is 707 g/mol. The molecule has 0 bridgehead atoms. The van der Waals surface area contributed by atoms with E-state index in [1.54, 1.807) is 0 Å². The quantitative estimate of drug-likeness (QED) is 0.0245. The Morgan fingerprint density at radius 1 is 0.600 bits per heavy atom. The highest BCUT2D eigenvalue weighted by molar-refractivity contribution is 7.47. The Hall–Kier alpha value is -0.760. The first-order valence-corrected chi connectivity index (χ1v) is 25.0. The summed E-state index contributed by atoms with van der Waals surface area (Å²) in [6, 6.07) is -0.756. The molecule has 9 heteroatoms. The van der Waals surface area contributed by atoms with Crippen LogP contribution in [0, 0.1) is 0 Å². The van der Waals surface area contributed by atoms with Crippen molar-refractivity contribution in [2.45, 2.75) is 238 Å². The number of rotatable bonds is 43. The number of carbonyl (C=O) groups excluding carboxylic acids is 1. The molecule has 328 valence electrons. The van der Waals surface area contributed by atoms with Crippen molar-refractivity contribution in [1.82, 2.24) is 5.32 Å². The van der Waals surface area contributed by atoms with Crippen LogP contribution in [0.25, 0.3) is 0 Å². The standard InChI is InChI=1S/C46H93N2O6P/c1-6-8-10-12-14-16-18-20-21-22-23-24-25-26-27-28-30-32-34-36-38-40-46(50)47-44(43-54-55(51,52)53-42-41-48(3,4)5)45(49)39-37-35-33-31-29-19-17-15-13-11-9-7-2/h20-21,44-45,49H,6-19,22-43H2,1-5H3,(H-,47,50,51,52)/p+1/b21-20+/t44-,45+/m0/s1. The van der Waals surface area contributed by atoms with Crippen LogP contribution < -0.4 is 5.32 Å². The molecule has 0 aliphatic rings. The van der Waals surface area contributed by atoms with Gasteiger partial charge in [-0.3, -0.25) is 13.8 Å². The minimum atomic E-state index is -4.31. The van der Waals surface area contributed by atoms with Gasteiger partial charge in [-0.15, -0.1) is 0 Å². The number of likely N-dealkylation sites (N-methyl/N-ethyl adjacent to an activating group) is 1. The monoisotopic (exact) mass is 802 g/mol. The van der Waals surface area contributed by atoms with Crippen molar-refractivity contribution in [3.8, 4) is 0 Å². The number of nitrogens with one attached hydrogen (secondary N) is 1. The number of allylic oxidation sites excluding steroid dienone is 2. The van der Waals surface area contributed by atoms with Crippen molar-refractivity contribution >= 4 is 13.7 Å². The molecule has 1 amide bonds. The number of carbonyl (C=O) groups is 1. The van der Waals surface area contributed by atoms with Crippen molar-refractivity contribution in [2.24, 2.45) is 0 Å². The molecule has 0 aliphatic heterocycles. The lowest BCUT2D eigenvalue weighted by atomic mass is 10.0. The fourth-order valence-corrected chi connectivity index (χ4v) is 7.72. The number of quaternary nitrogens is 1. The zero-order chi connectivity index (χ0) is 40.7. The average Bonchev–Trinajstić information content (AvgIpc) is 3.13. The number of hydrogen-bond acceptors (Lipinski definition) is 5. The third-order valence-corrected chi connectivity index (χ3v) is 11.7. The van der Waals surface area contributed by atoms with Gasteiger partial charge < -0.3 is 19.8 Å². The smallest absolute Gasteiger partial charge is 0.391 e. The van der Waals surface area contributed by atoms with E-state index in [1.807, 2.05) is 21.1 Å². The van der Waals surface area contributed by atoms with E-state index in [9.17, 15) is 19.4 Å². The van der Waals surface area contributed by atoms with E-state index in [0.29, 0.717) is 23.9 Å². The number of unbranched alkanes of at least 4 members (excludes halogenated alkanes) is 28. The molecule has 1 unspecified atom stereocenters. The van der Waals surface area contributed by atoms with Crippen LogP contribution in [0.15, 0.2) is 12.2 Å². The van der Waals surface area contributed by atoms with Crippen molar-refractivity contribution in [2.75, 3.05) is 40.9 Å². The van der Waals surface area contributed by atoms with E-state index in [-0.39, 0.29) is 19.1 Å². The molecule has 0 aliphatic carbocycles. The van der Waals surface area contributed by atoms with Gasteiger partial charge in [0.05, 0.1) is 39.9 Å². The predicted octanol–water partition coefficient (Wildman–Crippen LogP) is 13.1. The number of hydrogen-bond donors (Lipinski definition) is 3. The van der Waals surface area contributed by atoms with Crippen LogP contribution in [0.4, 0.5) is 0 Å². The summed E-state index contributed by atoms with van der Waals surface area (Å²) in [5, 5.41) is 13.9. The zero-order valence-electron chi connectivity index (χ0n) is 37.2. The molecule has 0 radical (unpaired) electrons. The molecule has 55 heavy (non-hydrogen) atoms. The van der Waals surface area contributed by atoms with Gasteiger partial charge in [0, 0.05) is 6.42 Å². The van der Waals surface area contributed by atoms with Gasteiger partial charge in [-0.05, 0) is 38.5 Å². The van der Waals surface area contributed by atoms with Gasteiger partial charge in [0.25, 0.3) is 0 Å². The summed E-state index contributed by atoms with van der Waals surface area (Å²) in [7, 11) is 1.62. The summed E-state index contributed by atoms with van der Waals surface area (Å²) < 4.78 is 23.6. The third kappa shape index (κ3) is 41.2. The molecule has 0 rings (SSSR count). The van der Waals surface area contributed by atoms with Crippen molar-refractivity contribution in [1.29, 1.82) is 0 Å².